The SMILES string of the molecule is C[C@H]1C[C@@H](c2nc(-c3cccc(CN4CCCCC4)c3)no2)CCN1. The lowest BCUT2D eigenvalue weighted by Crippen LogP contribution is -2.34. The Labute approximate surface area is 149 Å². The van der Waals surface area contributed by atoms with Crippen LogP contribution < -0.4 is 5.32 Å². The molecule has 0 spiro atoms. The highest BCUT2D eigenvalue weighted by atomic mass is 16.5. The van der Waals surface area contributed by atoms with Gasteiger partial charge in [-0.2, -0.15) is 4.98 Å². The van der Waals surface area contributed by atoms with Gasteiger partial charge >= 0.3 is 0 Å². The van der Waals surface area contributed by atoms with Crippen molar-refractivity contribution in [3.8, 4) is 11.4 Å². The van der Waals surface area contributed by atoms with Crippen LogP contribution in [0.2, 0.25) is 0 Å². The third kappa shape index (κ3) is 4.10. The van der Waals surface area contributed by atoms with E-state index in [1.54, 1.807) is 0 Å². The summed E-state index contributed by atoms with van der Waals surface area (Å²) in [6, 6.07) is 9.13. The Balaban J connectivity index is 1.47. The molecule has 25 heavy (non-hydrogen) atoms. The Morgan fingerprint density at radius 2 is 2.12 bits per heavy atom. The summed E-state index contributed by atoms with van der Waals surface area (Å²) < 4.78 is 5.60. The van der Waals surface area contributed by atoms with Gasteiger partial charge in [-0.15, -0.1) is 0 Å². The average molecular weight is 340 g/mol. The van der Waals surface area contributed by atoms with Gasteiger partial charge in [0.2, 0.25) is 11.7 Å². The van der Waals surface area contributed by atoms with Crippen LogP contribution >= 0.6 is 0 Å². The second kappa shape index (κ2) is 7.67. The fraction of sp³-hybridized carbons (Fsp3) is 0.600. The summed E-state index contributed by atoms with van der Waals surface area (Å²) in [5.41, 5.74) is 2.40. The van der Waals surface area contributed by atoms with E-state index < -0.39 is 0 Å². The van der Waals surface area contributed by atoms with Crippen molar-refractivity contribution in [3.63, 3.8) is 0 Å². The van der Waals surface area contributed by atoms with Crippen molar-refractivity contribution in [2.45, 2.75) is 57.5 Å². The van der Waals surface area contributed by atoms with Crippen molar-refractivity contribution in [2.75, 3.05) is 19.6 Å². The second-order valence-corrected chi connectivity index (χ2v) is 7.57. The molecule has 2 aliphatic heterocycles. The van der Waals surface area contributed by atoms with Crippen LogP contribution in [0.5, 0.6) is 0 Å². The fourth-order valence-electron chi connectivity index (χ4n) is 4.06. The van der Waals surface area contributed by atoms with Gasteiger partial charge in [-0.05, 0) is 63.9 Å². The fourth-order valence-corrected chi connectivity index (χ4v) is 4.06. The van der Waals surface area contributed by atoms with Crippen molar-refractivity contribution in [3.05, 3.63) is 35.7 Å². The standard InChI is InChI=1S/C20H28N4O/c1-15-12-18(8-9-21-15)20-22-19(23-25-20)17-7-5-6-16(13-17)14-24-10-3-2-4-11-24/h5-7,13,15,18,21H,2-4,8-12,14H2,1H3/t15-,18-/m0/s1. The molecule has 2 fully saturated rings. The largest absolute Gasteiger partial charge is 0.339 e. The van der Waals surface area contributed by atoms with E-state index in [1.807, 2.05) is 0 Å². The number of benzene rings is 1. The molecule has 0 amide bonds. The molecule has 5 heteroatoms. The molecular formula is C20H28N4O. The van der Waals surface area contributed by atoms with Gasteiger partial charge in [-0.1, -0.05) is 29.8 Å². The van der Waals surface area contributed by atoms with Crippen LogP contribution in [0.1, 0.15) is 56.4 Å². The summed E-state index contributed by atoms with van der Waals surface area (Å²) in [5.74, 6) is 1.90. The smallest absolute Gasteiger partial charge is 0.230 e. The lowest BCUT2D eigenvalue weighted by Gasteiger charge is -2.26. The first-order valence-electron chi connectivity index (χ1n) is 9.66. The molecule has 0 bridgehead atoms. The van der Waals surface area contributed by atoms with E-state index in [-0.39, 0.29) is 0 Å². The number of aromatic nitrogens is 2. The Hall–Kier alpha value is -1.72. The molecule has 1 aromatic carbocycles. The number of rotatable bonds is 4. The molecule has 5 nitrogen and oxygen atoms in total. The van der Waals surface area contributed by atoms with Crippen molar-refractivity contribution >= 4 is 0 Å². The quantitative estimate of drug-likeness (QED) is 0.922. The first-order chi connectivity index (χ1) is 12.3. The lowest BCUT2D eigenvalue weighted by molar-refractivity contribution is 0.221. The molecule has 1 N–H and O–H groups in total. The maximum Gasteiger partial charge on any atom is 0.230 e. The van der Waals surface area contributed by atoms with Gasteiger partial charge in [0.1, 0.15) is 0 Å². The van der Waals surface area contributed by atoms with Gasteiger partial charge in [0, 0.05) is 24.1 Å². The van der Waals surface area contributed by atoms with Crippen LogP contribution in [0, 0.1) is 0 Å². The van der Waals surface area contributed by atoms with Crippen molar-refractivity contribution in [1.82, 2.24) is 20.4 Å². The summed E-state index contributed by atoms with van der Waals surface area (Å²) in [7, 11) is 0. The summed E-state index contributed by atoms with van der Waals surface area (Å²) >= 11 is 0. The van der Waals surface area contributed by atoms with Gasteiger partial charge in [0.05, 0.1) is 0 Å². The Bertz CT molecular complexity index is 693. The molecular weight excluding hydrogens is 312 g/mol. The molecule has 0 unspecified atom stereocenters. The molecule has 0 radical (unpaired) electrons. The monoisotopic (exact) mass is 340 g/mol. The zero-order chi connectivity index (χ0) is 17.1. The molecule has 0 aliphatic carbocycles. The van der Waals surface area contributed by atoms with Crippen LogP contribution in [-0.2, 0) is 6.54 Å². The van der Waals surface area contributed by atoms with Crippen LogP contribution in [0.4, 0.5) is 0 Å². The number of hydrogen-bond acceptors (Lipinski definition) is 5. The molecule has 4 rings (SSSR count). The number of likely N-dealkylation sites (tertiary alicyclic amines) is 1. The predicted octanol–water partition coefficient (Wildman–Crippen LogP) is 3.58. The van der Waals surface area contributed by atoms with Crippen molar-refractivity contribution in [1.29, 1.82) is 0 Å². The molecule has 2 aliphatic rings. The molecule has 0 saturated carbocycles. The predicted molar refractivity (Wildman–Crippen MR) is 98.3 cm³/mol. The van der Waals surface area contributed by atoms with Crippen LogP contribution in [-0.4, -0.2) is 40.7 Å². The van der Waals surface area contributed by atoms with Gasteiger partial charge in [0.25, 0.3) is 0 Å². The zero-order valence-corrected chi connectivity index (χ0v) is 15.1. The Morgan fingerprint density at radius 1 is 1.24 bits per heavy atom. The van der Waals surface area contributed by atoms with E-state index in [0.717, 1.165) is 43.2 Å². The minimum Gasteiger partial charge on any atom is -0.339 e. The van der Waals surface area contributed by atoms with E-state index in [4.69, 9.17) is 9.51 Å². The molecule has 1 aromatic heterocycles. The second-order valence-electron chi connectivity index (χ2n) is 7.57. The van der Waals surface area contributed by atoms with E-state index in [2.05, 4.69) is 46.6 Å². The highest BCUT2D eigenvalue weighted by Crippen LogP contribution is 2.28. The molecule has 2 saturated heterocycles. The summed E-state index contributed by atoms with van der Waals surface area (Å²) in [6.45, 7) is 6.68. The molecule has 134 valence electrons. The summed E-state index contributed by atoms with van der Waals surface area (Å²) in [6.07, 6.45) is 6.15. The topological polar surface area (TPSA) is 54.2 Å². The first kappa shape index (κ1) is 16.7. The summed E-state index contributed by atoms with van der Waals surface area (Å²) in [5, 5.41) is 7.73. The third-order valence-corrected chi connectivity index (χ3v) is 5.45. The van der Waals surface area contributed by atoms with E-state index in [9.17, 15) is 0 Å². The normalized spacial score (nSPS) is 25.2. The number of nitrogens with zero attached hydrogens (tertiary/aromatic N) is 3. The van der Waals surface area contributed by atoms with Crippen LogP contribution in [0.15, 0.2) is 28.8 Å². The maximum atomic E-state index is 5.60. The number of nitrogens with one attached hydrogen (secondary N) is 1. The number of piperidine rings is 2. The van der Waals surface area contributed by atoms with Crippen molar-refractivity contribution in [2.24, 2.45) is 0 Å². The van der Waals surface area contributed by atoms with Crippen molar-refractivity contribution < 1.29 is 4.52 Å². The average Bonchev–Trinajstić information content (AvgIpc) is 3.13. The van der Waals surface area contributed by atoms with E-state index in [0.29, 0.717) is 12.0 Å². The maximum absolute atomic E-state index is 5.60. The minimum atomic E-state index is 0.383. The third-order valence-electron chi connectivity index (χ3n) is 5.45. The highest BCUT2D eigenvalue weighted by Gasteiger charge is 2.25. The highest BCUT2D eigenvalue weighted by molar-refractivity contribution is 5.55. The minimum absolute atomic E-state index is 0.383. The van der Waals surface area contributed by atoms with E-state index >= 15 is 0 Å². The lowest BCUT2D eigenvalue weighted by atomic mass is 9.93. The van der Waals surface area contributed by atoms with E-state index in [1.165, 1.54) is 37.9 Å². The Kier molecular flexibility index (Phi) is 5.13. The van der Waals surface area contributed by atoms with Gasteiger partial charge in [0.15, 0.2) is 0 Å². The van der Waals surface area contributed by atoms with Gasteiger partial charge in [-0.25, -0.2) is 0 Å². The molecule has 2 atom stereocenters. The molecule has 2 aromatic rings. The van der Waals surface area contributed by atoms with Gasteiger partial charge in [-0.3, -0.25) is 4.90 Å². The van der Waals surface area contributed by atoms with Crippen LogP contribution in [0.3, 0.4) is 0 Å². The number of hydrogen-bond donors (Lipinski definition) is 1. The zero-order valence-electron chi connectivity index (χ0n) is 15.1. The van der Waals surface area contributed by atoms with Gasteiger partial charge < -0.3 is 9.84 Å². The first-order valence-corrected chi connectivity index (χ1v) is 9.66. The Morgan fingerprint density at radius 3 is 2.96 bits per heavy atom. The summed E-state index contributed by atoms with van der Waals surface area (Å²) in [4.78, 5) is 7.25. The molecule has 3 heterocycles. The van der Waals surface area contributed by atoms with Crippen LogP contribution in [0.25, 0.3) is 11.4 Å².